The lowest BCUT2D eigenvalue weighted by Crippen LogP contribution is -2.29. The number of ether oxygens (including phenoxy) is 2. The first-order valence-corrected chi connectivity index (χ1v) is 4.73. The highest BCUT2D eigenvalue weighted by molar-refractivity contribution is 5.70. The minimum Gasteiger partial charge on any atom is -0.492 e. The van der Waals surface area contributed by atoms with E-state index >= 15 is 0 Å². The Balaban J connectivity index is 4.05. The molecule has 5 heteroatoms. The third-order valence-electron chi connectivity index (χ3n) is 1.78. The summed E-state index contributed by atoms with van der Waals surface area (Å²) in [7, 11) is 0. The van der Waals surface area contributed by atoms with Crippen molar-refractivity contribution in [1.29, 1.82) is 0 Å². The lowest BCUT2D eigenvalue weighted by molar-refractivity contribution is -0.157. The van der Waals surface area contributed by atoms with Crippen molar-refractivity contribution in [2.45, 2.75) is 20.0 Å². The molecule has 0 heterocycles. The Morgan fingerprint density at radius 2 is 1.93 bits per heavy atom. The zero-order valence-electron chi connectivity index (χ0n) is 9.10. The Morgan fingerprint density at radius 3 is 2.33 bits per heavy atom. The monoisotopic (exact) mass is 218 g/mol. The van der Waals surface area contributed by atoms with Gasteiger partial charge in [-0.15, -0.1) is 0 Å². The molecule has 0 aromatic carbocycles. The van der Waals surface area contributed by atoms with Gasteiger partial charge in [-0.25, -0.2) is 4.79 Å². The maximum atomic E-state index is 10.8. The van der Waals surface area contributed by atoms with Crippen molar-refractivity contribution in [3.8, 4) is 0 Å². The SMILES string of the molecule is C=C(CO)OCC(OC(=O)CO)C(C)C. The van der Waals surface area contributed by atoms with E-state index in [0.29, 0.717) is 0 Å². The Labute approximate surface area is 89.3 Å². The molecule has 0 aliphatic heterocycles. The van der Waals surface area contributed by atoms with Crippen LogP contribution in [0.4, 0.5) is 0 Å². The molecule has 1 atom stereocenters. The van der Waals surface area contributed by atoms with Gasteiger partial charge < -0.3 is 19.7 Å². The minimum absolute atomic E-state index is 0.0620. The summed E-state index contributed by atoms with van der Waals surface area (Å²) in [6.45, 7) is 6.38. The normalized spacial score (nSPS) is 12.3. The predicted octanol–water partition coefficient (Wildman–Crippen LogP) is 0.0691. The van der Waals surface area contributed by atoms with E-state index in [4.69, 9.17) is 19.7 Å². The van der Waals surface area contributed by atoms with Crippen molar-refractivity contribution >= 4 is 5.97 Å². The average molecular weight is 218 g/mol. The summed E-state index contributed by atoms with van der Waals surface area (Å²) in [5.41, 5.74) is 0. The topological polar surface area (TPSA) is 76.0 Å². The molecular formula is C10H18O5. The van der Waals surface area contributed by atoms with Gasteiger partial charge in [0.2, 0.25) is 0 Å². The third kappa shape index (κ3) is 6.09. The van der Waals surface area contributed by atoms with E-state index in [0.717, 1.165) is 0 Å². The predicted molar refractivity (Wildman–Crippen MR) is 54.0 cm³/mol. The van der Waals surface area contributed by atoms with E-state index < -0.39 is 18.7 Å². The van der Waals surface area contributed by atoms with Gasteiger partial charge in [0.15, 0.2) is 0 Å². The van der Waals surface area contributed by atoms with Gasteiger partial charge in [0.25, 0.3) is 0 Å². The lowest BCUT2D eigenvalue weighted by atomic mass is 10.1. The summed E-state index contributed by atoms with van der Waals surface area (Å²) < 4.78 is 9.98. The van der Waals surface area contributed by atoms with Gasteiger partial charge in [0.1, 0.15) is 25.1 Å². The minimum atomic E-state index is -0.688. The maximum Gasteiger partial charge on any atom is 0.332 e. The molecule has 5 nitrogen and oxygen atoms in total. The maximum absolute atomic E-state index is 10.8. The zero-order chi connectivity index (χ0) is 11.8. The van der Waals surface area contributed by atoms with Gasteiger partial charge in [0, 0.05) is 0 Å². The summed E-state index contributed by atoms with van der Waals surface area (Å²) >= 11 is 0. The van der Waals surface area contributed by atoms with Crippen LogP contribution in [0.15, 0.2) is 12.3 Å². The zero-order valence-corrected chi connectivity index (χ0v) is 9.10. The fourth-order valence-corrected chi connectivity index (χ4v) is 0.814. The van der Waals surface area contributed by atoms with Crippen LogP contribution >= 0.6 is 0 Å². The van der Waals surface area contributed by atoms with Crippen LogP contribution in [-0.4, -0.2) is 42.1 Å². The molecule has 88 valence electrons. The van der Waals surface area contributed by atoms with Crippen molar-refractivity contribution in [2.75, 3.05) is 19.8 Å². The highest BCUT2D eigenvalue weighted by Gasteiger charge is 2.18. The summed E-state index contributed by atoms with van der Waals surface area (Å²) in [6.07, 6.45) is -0.451. The second kappa shape index (κ2) is 7.25. The summed E-state index contributed by atoms with van der Waals surface area (Å²) in [5, 5.41) is 17.2. The molecule has 0 aromatic rings. The van der Waals surface area contributed by atoms with Crippen molar-refractivity contribution in [1.82, 2.24) is 0 Å². The standard InChI is InChI=1S/C10H18O5/c1-7(2)9(15-10(13)5-12)6-14-8(3)4-11/h7,9,11-12H,3-6H2,1-2H3. The number of hydrogen-bond acceptors (Lipinski definition) is 5. The molecule has 0 aliphatic rings. The Bertz CT molecular complexity index is 212. The van der Waals surface area contributed by atoms with Crippen LogP contribution in [0.25, 0.3) is 0 Å². The van der Waals surface area contributed by atoms with Crippen LogP contribution in [0, 0.1) is 5.92 Å². The first-order chi connectivity index (χ1) is 7.01. The molecule has 0 fully saturated rings. The lowest BCUT2D eigenvalue weighted by Gasteiger charge is -2.21. The van der Waals surface area contributed by atoms with Crippen LogP contribution < -0.4 is 0 Å². The first-order valence-electron chi connectivity index (χ1n) is 4.73. The number of rotatable bonds is 7. The van der Waals surface area contributed by atoms with Gasteiger partial charge in [-0.05, 0) is 5.92 Å². The fourth-order valence-electron chi connectivity index (χ4n) is 0.814. The number of aliphatic hydroxyl groups is 2. The van der Waals surface area contributed by atoms with Gasteiger partial charge in [-0.2, -0.15) is 0 Å². The molecule has 0 saturated heterocycles. The molecule has 0 spiro atoms. The Kier molecular flexibility index (Phi) is 6.73. The highest BCUT2D eigenvalue weighted by Crippen LogP contribution is 2.09. The van der Waals surface area contributed by atoms with Crippen LogP contribution in [0.2, 0.25) is 0 Å². The second-order valence-corrected chi connectivity index (χ2v) is 3.44. The van der Waals surface area contributed by atoms with Crippen molar-refractivity contribution in [3.05, 3.63) is 12.3 Å². The quantitative estimate of drug-likeness (QED) is 0.467. The third-order valence-corrected chi connectivity index (χ3v) is 1.78. The molecule has 15 heavy (non-hydrogen) atoms. The Morgan fingerprint density at radius 1 is 1.33 bits per heavy atom. The number of carbonyl (C=O) groups is 1. The van der Waals surface area contributed by atoms with Crippen LogP contribution in [0.5, 0.6) is 0 Å². The molecule has 0 aliphatic carbocycles. The van der Waals surface area contributed by atoms with Gasteiger partial charge in [-0.1, -0.05) is 20.4 Å². The number of aliphatic hydroxyl groups excluding tert-OH is 2. The summed E-state index contributed by atoms with van der Waals surface area (Å²) in [4.78, 5) is 10.8. The van der Waals surface area contributed by atoms with E-state index in [1.807, 2.05) is 13.8 Å². The van der Waals surface area contributed by atoms with Crippen molar-refractivity contribution in [2.24, 2.45) is 5.92 Å². The molecule has 0 aromatic heterocycles. The van der Waals surface area contributed by atoms with E-state index in [9.17, 15) is 4.79 Å². The summed E-state index contributed by atoms with van der Waals surface area (Å²) in [5.74, 6) is -0.403. The van der Waals surface area contributed by atoms with E-state index in [2.05, 4.69) is 6.58 Å². The van der Waals surface area contributed by atoms with Crippen molar-refractivity contribution in [3.63, 3.8) is 0 Å². The number of hydrogen-bond donors (Lipinski definition) is 2. The molecule has 2 N–H and O–H groups in total. The van der Waals surface area contributed by atoms with Gasteiger partial charge in [-0.3, -0.25) is 0 Å². The molecule has 0 amide bonds. The highest BCUT2D eigenvalue weighted by atomic mass is 16.6. The van der Waals surface area contributed by atoms with Crippen molar-refractivity contribution < 1.29 is 24.5 Å². The largest absolute Gasteiger partial charge is 0.492 e. The number of esters is 1. The molecule has 0 bridgehead atoms. The van der Waals surface area contributed by atoms with E-state index in [1.54, 1.807) is 0 Å². The number of carbonyl (C=O) groups excluding carboxylic acids is 1. The molecule has 0 rings (SSSR count). The van der Waals surface area contributed by atoms with Crippen LogP contribution in [-0.2, 0) is 14.3 Å². The average Bonchev–Trinajstić information content (AvgIpc) is 2.22. The van der Waals surface area contributed by atoms with Gasteiger partial charge >= 0.3 is 5.97 Å². The molecule has 0 saturated carbocycles. The van der Waals surface area contributed by atoms with Crippen LogP contribution in [0.3, 0.4) is 0 Å². The summed E-state index contributed by atoms with van der Waals surface area (Å²) in [6, 6.07) is 0. The Hall–Kier alpha value is -1.07. The fraction of sp³-hybridized carbons (Fsp3) is 0.700. The van der Waals surface area contributed by atoms with Gasteiger partial charge in [0.05, 0.1) is 6.61 Å². The molecule has 1 unspecified atom stereocenters. The smallest absolute Gasteiger partial charge is 0.332 e. The second-order valence-electron chi connectivity index (χ2n) is 3.44. The molecular weight excluding hydrogens is 200 g/mol. The molecule has 0 radical (unpaired) electrons. The van der Waals surface area contributed by atoms with E-state index in [1.165, 1.54) is 0 Å². The van der Waals surface area contributed by atoms with E-state index in [-0.39, 0.29) is 24.9 Å². The first kappa shape index (κ1) is 13.9. The van der Waals surface area contributed by atoms with Crippen LogP contribution in [0.1, 0.15) is 13.8 Å².